The molecule has 1 rings (SSSR count). The third kappa shape index (κ3) is 7.60. The van der Waals surface area contributed by atoms with E-state index in [4.69, 9.17) is 0 Å². The Hall–Kier alpha value is -0.900. The molecule has 0 fully saturated rings. The molecule has 0 spiro atoms. The van der Waals surface area contributed by atoms with Gasteiger partial charge in [0.05, 0.1) is 6.10 Å². The lowest BCUT2D eigenvalue weighted by Gasteiger charge is -2.21. The Morgan fingerprint density at radius 2 is 1.62 bits per heavy atom. The SMILES string of the molecule is CC(C)Cc1ccc(C(O)CN(C)CCCN(C)C)cc1. The summed E-state index contributed by atoms with van der Waals surface area (Å²) in [5.41, 5.74) is 2.36. The molecule has 1 atom stereocenters. The first-order valence-corrected chi connectivity index (χ1v) is 7.98. The van der Waals surface area contributed by atoms with Crippen molar-refractivity contribution in [1.82, 2.24) is 9.80 Å². The standard InChI is InChI=1S/C18H32N2O/c1-15(2)13-16-7-9-17(10-8-16)18(21)14-20(5)12-6-11-19(3)4/h7-10,15,18,21H,6,11-14H2,1-5H3. The molecule has 0 heterocycles. The highest BCUT2D eigenvalue weighted by atomic mass is 16.3. The van der Waals surface area contributed by atoms with Crippen molar-refractivity contribution >= 4 is 0 Å². The topological polar surface area (TPSA) is 26.7 Å². The second-order valence-electron chi connectivity index (χ2n) is 6.77. The van der Waals surface area contributed by atoms with Gasteiger partial charge in [0.1, 0.15) is 0 Å². The maximum Gasteiger partial charge on any atom is 0.0916 e. The highest BCUT2D eigenvalue weighted by Crippen LogP contribution is 2.16. The third-order valence-corrected chi connectivity index (χ3v) is 3.64. The number of aliphatic hydroxyl groups is 1. The Balaban J connectivity index is 2.42. The Morgan fingerprint density at radius 3 is 2.14 bits per heavy atom. The largest absolute Gasteiger partial charge is 0.387 e. The summed E-state index contributed by atoms with van der Waals surface area (Å²) in [6.45, 7) is 7.25. The van der Waals surface area contributed by atoms with Crippen molar-refractivity contribution in [2.75, 3.05) is 40.8 Å². The number of rotatable bonds is 9. The number of aliphatic hydroxyl groups excluding tert-OH is 1. The van der Waals surface area contributed by atoms with Gasteiger partial charge in [-0.3, -0.25) is 0 Å². The minimum atomic E-state index is -0.401. The van der Waals surface area contributed by atoms with E-state index in [0.717, 1.165) is 31.5 Å². The molecule has 0 aliphatic carbocycles. The summed E-state index contributed by atoms with van der Waals surface area (Å²) in [5.74, 6) is 0.670. The summed E-state index contributed by atoms with van der Waals surface area (Å²) < 4.78 is 0. The molecule has 0 saturated carbocycles. The van der Waals surface area contributed by atoms with E-state index in [1.165, 1.54) is 5.56 Å². The molecular weight excluding hydrogens is 260 g/mol. The van der Waals surface area contributed by atoms with Gasteiger partial charge in [-0.1, -0.05) is 38.1 Å². The zero-order valence-electron chi connectivity index (χ0n) is 14.3. The molecule has 1 N–H and O–H groups in total. The molecule has 0 aromatic heterocycles. The molecule has 0 saturated heterocycles. The molecule has 0 radical (unpaired) electrons. The first-order chi connectivity index (χ1) is 9.88. The molecule has 0 aliphatic heterocycles. The van der Waals surface area contributed by atoms with Crippen LogP contribution < -0.4 is 0 Å². The fourth-order valence-corrected chi connectivity index (χ4v) is 2.50. The van der Waals surface area contributed by atoms with E-state index in [0.29, 0.717) is 12.5 Å². The predicted octanol–water partition coefficient (Wildman–Crippen LogP) is 2.80. The average molecular weight is 292 g/mol. The summed E-state index contributed by atoms with van der Waals surface area (Å²) in [7, 11) is 6.26. The van der Waals surface area contributed by atoms with Crippen LogP contribution in [-0.4, -0.2) is 55.7 Å². The zero-order valence-corrected chi connectivity index (χ0v) is 14.3. The molecule has 0 amide bonds. The van der Waals surface area contributed by atoms with Gasteiger partial charge in [-0.15, -0.1) is 0 Å². The van der Waals surface area contributed by atoms with Gasteiger partial charge in [-0.2, -0.15) is 0 Å². The van der Waals surface area contributed by atoms with E-state index in [1.54, 1.807) is 0 Å². The Kier molecular flexibility index (Phi) is 7.94. The molecule has 0 aliphatic rings. The van der Waals surface area contributed by atoms with Crippen LogP contribution in [0.5, 0.6) is 0 Å². The van der Waals surface area contributed by atoms with Crippen molar-refractivity contribution in [2.45, 2.75) is 32.8 Å². The summed E-state index contributed by atoms with van der Waals surface area (Å²) >= 11 is 0. The number of nitrogens with zero attached hydrogens (tertiary/aromatic N) is 2. The summed E-state index contributed by atoms with van der Waals surface area (Å²) in [6.07, 6.45) is 1.83. The van der Waals surface area contributed by atoms with Gasteiger partial charge in [-0.25, -0.2) is 0 Å². The van der Waals surface area contributed by atoms with Crippen LogP contribution in [0.4, 0.5) is 0 Å². The molecular formula is C18H32N2O. The first kappa shape index (κ1) is 18.1. The maximum absolute atomic E-state index is 10.3. The van der Waals surface area contributed by atoms with Crippen molar-refractivity contribution in [2.24, 2.45) is 5.92 Å². The van der Waals surface area contributed by atoms with Crippen LogP contribution in [0, 0.1) is 5.92 Å². The second-order valence-corrected chi connectivity index (χ2v) is 6.77. The van der Waals surface area contributed by atoms with Crippen molar-refractivity contribution in [1.29, 1.82) is 0 Å². The highest BCUT2D eigenvalue weighted by molar-refractivity contribution is 5.24. The van der Waals surface area contributed by atoms with Crippen molar-refractivity contribution < 1.29 is 5.11 Å². The van der Waals surface area contributed by atoms with Gasteiger partial charge in [0.2, 0.25) is 0 Å². The number of benzene rings is 1. The van der Waals surface area contributed by atoms with Crippen molar-refractivity contribution in [3.8, 4) is 0 Å². The van der Waals surface area contributed by atoms with Crippen LogP contribution >= 0.6 is 0 Å². The minimum Gasteiger partial charge on any atom is -0.387 e. The lowest BCUT2D eigenvalue weighted by atomic mass is 10.00. The molecule has 1 aromatic rings. The zero-order chi connectivity index (χ0) is 15.8. The minimum absolute atomic E-state index is 0.401. The Labute approximate surface area is 130 Å². The molecule has 21 heavy (non-hydrogen) atoms. The maximum atomic E-state index is 10.3. The summed E-state index contributed by atoms with van der Waals surface area (Å²) in [4.78, 5) is 4.40. The molecule has 0 bridgehead atoms. The number of hydrogen-bond acceptors (Lipinski definition) is 3. The van der Waals surface area contributed by atoms with E-state index < -0.39 is 6.10 Å². The van der Waals surface area contributed by atoms with Crippen LogP contribution in [0.2, 0.25) is 0 Å². The fraction of sp³-hybridized carbons (Fsp3) is 0.667. The molecule has 3 nitrogen and oxygen atoms in total. The predicted molar refractivity (Wildman–Crippen MR) is 90.6 cm³/mol. The smallest absolute Gasteiger partial charge is 0.0916 e. The monoisotopic (exact) mass is 292 g/mol. The number of hydrogen-bond donors (Lipinski definition) is 1. The van der Waals surface area contributed by atoms with Crippen LogP contribution in [0.3, 0.4) is 0 Å². The first-order valence-electron chi connectivity index (χ1n) is 7.98. The van der Waals surface area contributed by atoms with Crippen molar-refractivity contribution in [3.63, 3.8) is 0 Å². The highest BCUT2D eigenvalue weighted by Gasteiger charge is 2.11. The van der Waals surface area contributed by atoms with Gasteiger partial charge < -0.3 is 14.9 Å². The van der Waals surface area contributed by atoms with E-state index >= 15 is 0 Å². The van der Waals surface area contributed by atoms with Crippen LogP contribution in [-0.2, 0) is 6.42 Å². The van der Waals surface area contributed by atoms with E-state index in [2.05, 4.69) is 69.1 Å². The fourth-order valence-electron chi connectivity index (χ4n) is 2.50. The lowest BCUT2D eigenvalue weighted by Crippen LogP contribution is -2.27. The Morgan fingerprint density at radius 1 is 1.00 bits per heavy atom. The third-order valence-electron chi connectivity index (χ3n) is 3.64. The van der Waals surface area contributed by atoms with Gasteiger partial charge in [0.15, 0.2) is 0 Å². The van der Waals surface area contributed by atoms with Crippen LogP contribution in [0.25, 0.3) is 0 Å². The lowest BCUT2D eigenvalue weighted by molar-refractivity contribution is 0.125. The molecule has 120 valence electrons. The van der Waals surface area contributed by atoms with E-state index in [-0.39, 0.29) is 0 Å². The van der Waals surface area contributed by atoms with Gasteiger partial charge >= 0.3 is 0 Å². The Bertz CT molecular complexity index is 387. The normalized spacial score (nSPS) is 13.4. The van der Waals surface area contributed by atoms with Crippen LogP contribution in [0.15, 0.2) is 24.3 Å². The average Bonchev–Trinajstić information content (AvgIpc) is 2.38. The number of likely N-dealkylation sites (N-methyl/N-ethyl adjacent to an activating group) is 1. The van der Waals surface area contributed by atoms with Crippen LogP contribution in [0.1, 0.15) is 37.5 Å². The summed E-state index contributed by atoms with van der Waals surface area (Å²) in [5, 5.41) is 10.3. The quantitative estimate of drug-likeness (QED) is 0.758. The summed E-state index contributed by atoms with van der Waals surface area (Å²) in [6, 6.07) is 8.42. The van der Waals surface area contributed by atoms with E-state index in [9.17, 15) is 5.11 Å². The van der Waals surface area contributed by atoms with E-state index in [1.807, 2.05) is 0 Å². The van der Waals surface area contributed by atoms with Crippen molar-refractivity contribution in [3.05, 3.63) is 35.4 Å². The molecule has 1 aromatic carbocycles. The molecule has 3 heteroatoms. The van der Waals surface area contributed by atoms with Gasteiger partial charge in [0, 0.05) is 6.54 Å². The van der Waals surface area contributed by atoms with Gasteiger partial charge in [-0.05, 0) is 64.1 Å². The van der Waals surface area contributed by atoms with Gasteiger partial charge in [0.25, 0.3) is 0 Å². The second kappa shape index (κ2) is 9.19. The molecule has 1 unspecified atom stereocenters.